The first-order chi connectivity index (χ1) is 13.7. The van der Waals surface area contributed by atoms with Crippen molar-refractivity contribution in [3.8, 4) is 12.1 Å². The molecule has 0 radical (unpaired) electrons. The third kappa shape index (κ3) is 7.33. The van der Waals surface area contributed by atoms with Crippen LogP contribution in [0.25, 0.3) is 0 Å². The van der Waals surface area contributed by atoms with E-state index in [1.165, 1.54) is 0 Å². The van der Waals surface area contributed by atoms with Gasteiger partial charge in [0.25, 0.3) is 0 Å². The van der Waals surface area contributed by atoms with E-state index in [9.17, 15) is 14.4 Å². The number of likely N-dealkylation sites (tertiary alicyclic amines) is 2. The van der Waals surface area contributed by atoms with Crippen molar-refractivity contribution in [3.63, 3.8) is 0 Å². The maximum Gasteiger partial charge on any atom is 0.320 e. The highest BCUT2D eigenvalue weighted by atomic mass is 16.4. The highest BCUT2D eigenvalue weighted by molar-refractivity contribution is 5.89. The van der Waals surface area contributed by atoms with Crippen molar-refractivity contribution in [1.82, 2.24) is 15.1 Å². The first-order valence-corrected chi connectivity index (χ1v) is 9.77. The Morgan fingerprint density at radius 3 is 1.97 bits per heavy atom. The molecule has 29 heavy (non-hydrogen) atoms. The number of carboxylic acid groups (broad SMARTS) is 1. The van der Waals surface area contributed by atoms with E-state index < -0.39 is 24.0 Å². The van der Waals surface area contributed by atoms with Crippen LogP contribution in [-0.4, -0.2) is 77.0 Å². The monoisotopic (exact) mass is 406 g/mol. The van der Waals surface area contributed by atoms with Crippen LogP contribution in [0.5, 0.6) is 0 Å². The Labute approximate surface area is 171 Å². The second kappa shape index (κ2) is 12.0. The Bertz CT molecular complexity index is 669. The second-order valence-electron chi connectivity index (χ2n) is 7.54. The minimum atomic E-state index is -0.808. The van der Waals surface area contributed by atoms with Gasteiger partial charge < -0.3 is 16.2 Å². The highest BCUT2D eigenvalue weighted by Gasteiger charge is 2.33. The lowest BCUT2D eigenvalue weighted by molar-refractivity contribution is -0.141. The van der Waals surface area contributed by atoms with Gasteiger partial charge in [0.2, 0.25) is 11.8 Å². The van der Waals surface area contributed by atoms with E-state index in [-0.39, 0.29) is 31.0 Å². The quantitative estimate of drug-likeness (QED) is 0.483. The van der Waals surface area contributed by atoms with Crippen LogP contribution in [0.2, 0.25) is 0 Å². The van der Waals surface area contributed by atoms with Crippen LogP contribution < -0.4 is 11.1 Å². The normalized spacial score (nSPS) is 22.8. The van der Waals surface area contributed by atoms with Gasteiger partial charge in [-0.3, -0.25) is 24.2 Å². The number of nitrogens with one attached hydrogen (secondary N) is 1. The molecule has 0 spiro atoms. The van der Waals surface area contributed by atoms with Gasteiger partial charge in [0.1, 0.15) is 12.1 Å². The van der Waals surface area contributed by atoms with E-state index in [4.69, 9.17) is 21.4 Å². The van der Waals surface area contributed by atoms with Gasteiger partial charge in [-0.05, 0) is 31.6 Å². The molecule has 2 amide bonds. The number of rotatable bonds is 7. The lowest BCUT2D eigenvalue weighted by atomic mass is 10.0. The molecule has 3 atom stereocenters. The largest absolute Gasteiger partial charge is 0.480 e. The maximum absolute atomic E-state index is 12.1. The van der Waals surface area contributed by atoms with Gasteiger partial charge in [0.15, 0.2) is 0 Å². The molecule has 0 aromatic heterocycles. The zero-order valence-electron chi connectivity index (χ0n) is 17.0. The fourth-order valence-electron chi connectivity index (χ4n) is 3.60. The molecule has 0 aliphatic carbocycles. The second-order valence-corrected chi connectivity index (χ2v) is 7.54. The smallest absolute Gasteiger partial charge is 0.320 e. The number of hydrogen-bond acceptors (Lipinski definition) is 7. The summed E-state index contributed by atoms with van der Waals surface area (Å²) in [6, 6.07) is 2.62. The molecule has 2 fully saturated rings. The summed E-state index contributed by atoms with van der Waals surface area (Å²) in [5.74, 6) is -1.58. The molecule has 0 saturated carbocycles. The summed E-state index contributed by atoms with van der Waals surface area (Å²) in [4.78, 5) is 37.4. The summed E-state index contributed by atoms with van der Waals surface area (Å²) in [5, 5.41) is 28.4. The molecule has 10 heteroatoms. The number of nitriles is 2. The molecule has 2 heterocycles. The lowest BCUT2D eigenvalue weighted by Gasteiger charge is -2.25. The number of aliphatic carboxylic acids is 1. The first kappa shape index (κ1) is 24.3. The molecule has 0 aromatic carbocycles. The van der Waals surface area contributed by atoms with Gasteiger partial charge in [-0.15, -0.1) is 0 Å². The van der Waals surface area contributed by atoms with Gasteiger partial charge in [-0.25, -0.2) is 0 Å². The van der Waals surface area contributed by atoms with Crippen LogP contribution in [0.15, 0.2) is 0 Å². The molecule has 2 rings (SSSR count). The van der Waals surface area contributed by atoms with E-state index in [0.29, 0.717) is 6.42 Å². The topological polar surface area (TPSA) is 164 Å². The summed E-state index contributed by atoms with van der Waals surface area (Å²) < 4.78 is 0. The number of carbonyl (C=O) groups is 3. The molecule has 2 aliphatic heterocycles. The minimum absolute atomic E-state index is 0.0442. The number of carboxylic acids is 1. The number of carbonyl (C=O) groups excluding carboxylic acids is 2. The Kier molecular flexibility index (Phi) is 10.1. The lowest BCUT2D eigenvalue weighted by Crippen LogP contribution is -2.53. The summed E-state index contributed by atoms with van der Waals surface area (Å²) in [7, 11) is 0. The standard InChI is InChI=1S/C12H20N4O2.C7H10N2O2/c1-8(2)10(11(14)17)15-12(18)9-4-3-6-16(9)7-5-13;8-3-5-9-4-1-2-6(9)7(10)11/h8-10H,3-4,6-7H2,1-2H3,(H2,14,17)(H,15,18);6H,1-2,4-5H2,(H,10,11). The van der Waals surface area contributed by atoms with Crippen LogP contribution in [-0.2, 0) is 14.4 Å². The Balaban J connectivity index is 0.000000326. The van der Waals surface area contributed by atoms with E-state index in [1.807, 2.05) is 30.9 Å². The summed E-state index contributed by atoms with van der Waals surface area (Å²) in [5.41, 5.74) is 5.26. The van der Waals surface area contributed by atoms with Crippen molar-refractivity contribution in [2.45, 2.75) is 57.7 Å². The van der Waals surface area contributed by atoms with Gasteiger partial charge in [-0.2, -0.15) is 10.5 Å². The zero-order chi connectivity index (χ0) is 22.0. The summed E-state index contributed by atoms with van der Waals surface area (Å²) >= 11 is 0. The number of nitrogens with two attached hydrogens (primary N) is 1. The van der Waals surface area contributed by atoms with E-state index in [0.717, 1.165) is 32.4 Å². The highest BCUT2D eigenvalue weighted by Crippen LogP contribution is 2.17. The van der Waals surface area contributed by atoms with Crippen molar-refractivity contribution < 1.29 is 19.5 Å². The first-order valence-electron chi connectivity index (χ1n) is 9.77. The molecule has 0 bridgehead atoms. The van der Waals surface area contributed by atoms with Crippen LogP contribution in [0, 0.1) is 28.6 Å². The third-order valence-corrected chi connectivity index (χ3v) is 5.13. The van der Waals surface area contributed by atoms with Gasteiger partial charge in [-0.1, -0.05) is 13.8 Å². The Hall–Kier alpha value is -2.69. The van der Waals surface area contributed by atoms with Crippen molar-refractivity contribution >= 4 is 17.8 Å². The van der Waals surface area contributed by atoms with E-state index >= 15 is 0 Å². The number of nitrogens with zero attached hydrogens (tertiary/aromatic N) is 4. The number of hydrogen-bond donors (Lipinski definition) is 3. The molecule has 4 N–H and O–H groups in total. The third-order valence-electron chi connectivity index (χ3n) is 5.13. The Morgan fingerprint density at radius 2 is 1.55 bits per heavy atom. The minimum Gasteiger partial charge on any atom is -0.480 e. The molecule has 160 valence electrons. The molecular weight excluding hydrogens is 376 g/mol. The average Bonchev–Trinajstić information content (AvgIpc) is 3.29. The van der Waals surface area contributed by atoms with Gasteiger partial charge >= 0.3 is 5.97 Å². The molecule has 3 unspecified atom stereocenters. The molecular formula is C19H30N6O4. The van der Waals surface area contributed by atoms with Crippen LogP contribution in [0.3, 0.4) is 0 Å². The maximum atomic E-state index is 12.1. The predicted molar refractivity (Wildman–Crippen MR) is 104 cm³/mol. The van der Waals surface area contributed by atoms with E-state index in [1.54, 1.807) is 4.90 Å². The zero-order valence-corrected chi connectivity index (χ0v) is 17.0. The molecule has 0 aromatic rings. The van der Waals surface area contributed by atoms with Crippen molar-refractivity contribution in [3.05, 3.63) is 0 Å². The average molecular weight is 406 g/mol. The molecule has 10 nitrogen and oxygen atoms in total. The van der Waals surface area contributed by atoms with E-state index in [2.05, 4.69) is 5.32 Å². The van der Waals surface area contributed by atoms with Gasteiger partial charge in [0, 0.05) is 13.1 Å². The summed E-state index contributed by atoms with van der Waals surface area (Å²) in [6.45, 7) is 5.62. The van der Waals surface area contributed by atoms with Crippen LogP contribution in [0.1, 0.15) is 39.5 Å². The van der Waals surface area contributed by atoms with Crippen molar-refractivity contribution in [2.24, 2.45) is 11.7 Å². The molecule has 2 saturated heterocycles. The number of primary amides is 1. The van der Waals surface area contributed by atoms with Crippen molar-refractivity contribution in [2.75, 3.05) is 26.2 Å². The van der Waals surface area contributed by atoms with Crippen LogP contribution in [0.4, 0.5) is 0 Å². The fraction of sp³-hybridized carbons (Fsp3) is 0.737. The van der Waals surface area contributed by atoms with Crippen molar-refractivity contribution in [1.29, 1.82) is 10.5 Å². The fourth-order valence-corrected chi connectivity index (χ4v) is 3.60. The number of amides is 2. The Morgan fingerprint density at radius 1 is 1.07 bits per heavy atom. The summed E-state index contributed by atoms with van der Waals surface area (Å²) in [6.07, 6.45) is 3.18. The SMILES string of the molecule is CC(C)C(NC(=O)C1CCCN1CC#N)C(N)=O.N#CCN1CCCC1C(=O)O. The molecule has 2 aliphatic rings. The van der Waals surface area contributed by atoms with Gasteiger partial charge in [0.05, 0.1) is 31.3 Å². The predicted octanol–water partition coefficient (Wildman–Crippen LogP) is -0.341. The van der Waals surface area contributed by atoms with Crippen LogP contribution >= 0.6 is 0 Å².